The first kappa shape index (κ1) is 24.0. The number of nitrogens with zero attached hydrogens (tertiary/aromatic N) is 2. The third kappa shape index (κ3) is 6.68. The van der Waals surface area contributed by atoms with Gasteiger partial charge in [-0.15, -0.1) is 34.0 Å². The van der Waals surface area contributed by atoms with Gasteiger partial charge < -0.3 is 0 Å². The Bertz CT molecular complexity index is 1380. The monoisotopic (exact) mass is 540 g/mol. The number of sulfonamides is 1. The lowest BCUT2D eigenvalue weighted by Gasteiger charge is -2.17. The number of hydrogen-bond acceptors (Lipinski definition) is 9. The maximum atomic E-state index is 12.9. The smallest absolute Gasteiger partial charge is 0.222 e. The van der Waals surface area contributed by atoms with E-state index in [2.05, 4.69) is 14.4 Å². The Kier molecular flexibility index (Phi) is 7.56. The molecule has 4 rings (SSSR count). The Hall–Kier alpha value is -2.16. The Morgan fingerprint density at radius 3 is 2.45 bits per heavy atom. The topological polar surface area (TPSA) is 118 Å². The molecule has 8 nitrogen and oxygen atoms in total. The minimum absolute atomic E-state index is 0.213. The molecule has 2 N–H and O–H groups in total. The maximum absolute atomic E-state index is 12.9. The average molecular weight is 541 g/mol. The number of nitrogens with one attached hydrogen (secondary N) is 2. The number of anilines is 1. The highest BCUT2D eigenvalue weighted by molar-refractivity contribution is 7.88. The van der Waals surface area contributed by atoms with E-state index in [9.17, 15) is 16.8 Å². The van der Waals surface area contributed by atoms with E-state index in [1.165, 1.54) is 22.7 Å². The standard InChI is InChI=1S/C20H20N4O4S5/c1-13-21-16(10-30-13)12-33(27,28)24-17(9-14-4-6-15(7-5-14)23-32(25)26)18-11-31-20(22-18)19-3-2-8-29-19/h2-8,10-11,17,24,32H,9,12H2,1H3,(H,23,25,26)/t17-/m0/s1. The highest BCUT2D eigenvalue weighted by Crippen LogP contribution is 2.31. The molecule has 33 heavy (non-hydrogen) atoms. The van der Waals surface area contributed by atoms with E-state index >= 15 is 0 Å². The predicted molar refractivity (Wildman–Crippen MR) is 135 cm³/mol. The number of hydrogen-bond donors (Lipinski definition) is 3. The minimum Gasteiger partial charge on any atom is -0.286 e. The molecule has 0 fully saturated rings. The lowest BCUT2D eigenvalue weighted by Crippen LogP contribution is -2.31. The SMILES string of the molecule is Cc1nc(CS(=O)(=O)N[C@@H](Cc2ccc(N[SH](=O)=O)cc2)c2csc(-c3cccs3)n2)cs1. The van der Waals surface area contributed by atoms with Crippen LogP contribution < -0.4 is 9.44 Å². The van der Waals surface area contributed by atoms with Crippen LogP contribution in [0.25, 0.3) is 9.88 Å². The number of rotatable bonds is 10. The van der Waals surface area contributed by atoms with Gasteiger partial charge in [-0.3, -0.25) is 4.72 Å². The van der Waals surface area contributed by atoms with Gasteiger partial charge in [0.15, 0.2) is 0 Å². The minimum atomic E-state index is -3.69. The van der Waals surface area contributed by atoms with E-state index in [4.69, 9.17) is 4.98 Å². The second kappa shape index (κ2) is 10.4. The van der Waals surface area contributed by atoms with Gasteiger partial charge in [0, 0.05) is 16.4 Å². The van der Waals surface area contributed by atoms with Crippen LogP contribution in [0.1, 0.15) is 28.0 Å². The van der Waals surface area contributed by atoms with Crippen LogP contribution in [-0.2, 0) is 33.1 Å². The summed E-state index contributed by atoms with van der Waals surface area (Å²) in [5.41, 5.74) is 2.42. The second-order valence-electron chi connectivity index (χ2n) is 7.11. The number of thiophene rings is 1. The number of benzene rings is 1. The first-order valence-corrected chi connectivity index (χ1v) is 15.1. The van der Waals surface area contributed by atoms with Crippen LogP contribution in [0.15, 0.2) is 52.5 Å². The Morgan fingerprint density at radius 1 is 1.03 bits per heavy atom. The zero-order valence-corrected chi connectivity index (χ0v) is 21.5. The van der Waals surface area contributed by atoms with Crippen LogP contribution >= 0.6 is 34.0 Å². The van der Waals surface area contributed by atoms with Crippen molar-refractivity contribution >= 4 is 60.6 Å². The molecule has 1 atom stereocenters. The van der Waals surface area contributed by atoms with Crippen molar-refractivity contribution in [3.63, 3.8) is 0 Å². The number of aryl methyl sites for hydroxylation is 1. The van der Waals surface area contributed by atoms with Gasteiger partial charge in [-0.2, -0.15) is 0 Å². The Balaban J connectivity index is 1.59. The fourth-order valence-corrected chi connectivity index (χ4v) is 7.17. The molecule has 13 heteroatoms. The normalized spacial score (nSPS) is 12.8. The van der Waals surface area contributed by atoms with E-state index in [0.717, 1.165) is 20.5 Å². The molecule has 0 saturated heterocycles. The van der Waals surface area contributed by atoms with Gasteiger partial charge in [-0.05, 0) is 42.5 Å². The summed E-state index contributed by atoms with van der Waals surface area (Å²) >= 11 is 4.45. The van der Waals surface area contributed by atoms with Gasteiger partial charge in [-0.1, -0.05) is 18.2 Å². The molecule has 0 aliphatic rings. The molecule has 174 valence electrons. The van der Waals surface area contributed by atoms with Crippen molar-refractivity contribution in [3.05, 3.63) is 74.5 Å². The average Bonchev–Trinajstić information content (AvgIpc) is 3.49. The first-order chi connectivity index (χ1) is 15.8. The number of thiazole rings is 2. The summed E-state index contributed by atoms with van der Waals surface area (Å²) in [6.45, 7) is 1.83. The number of aromatic nitrogens is 2. The van der Waals surface area contributed by atoms with E-state index in [0.29, 0.717) is 23.5 Å². The van der Waals surface area contributed by atoms with Gasteiger partial charge in [0.05, 0.1) is 27.3 Å². The van der Waals surface area contributed by atoms with Crippen molar-refractivity contribution < 1.29 is 16.8 Å². The second-order valence-corrected chi connectivity index (χ2v) is 12.5. The summed E-state index contributed by atoms with van der Waals surface area (Å²) in [5, 5.41) is 7.22. The van der Waals surface area contributed by atoms with Crippen molar-refractivity contribution in [2.24, 2.45) is 0 Å². The molecule has 3 aromatic heterocycles. The molecule has 0 spiro atoms. The van der Waals surface area contributed by atoms with Gasteiger partial charge in [0.1, 0.15) is 10.8 Å². The van der Waals surface area contributed by atoms with Crippen LogP contribution in [0.4, 0.5) is 5.69 Å². The lowest BCUT2D eigenvalue weighted by molar-refractivity contribution is 0.549. The molecule has 0 aliphatic heterocycles. The maximum Gasteiger partial charge on any atom is 0.222 e. The summed E-state index contributed by atoms with van der Waals surface area (Å²) in [5.74, 6) is -0.213. The summed E-state index contributed by atoms with van der Waals surface area (Å²) in [6.07, 6.45) is 0.354. The summed E-state index contributed by atoms with van der Waals surface area (Å²) in [7, 11) is -6.44. The third-order valence-electron chi connectivity index (χ3n) is 4.55. The van der Waals surface area contributed by atoms with Crippen LogP contribution in [0, 0.1) is 6.92 Å². The predicted octanol–water partition coefficient (Wildman–Crippen LogP) is 3.98. The van der Waals surface area contributed by atoms with Gasteiger partial charge >= 0.3 is 0 Å². The van der Waals surface area contributed by atoms with Gasteiger partial charge in [0.2, 0.25) is 20.9 Å². The van der Waals surface area contributed by atoms with Gasteiger partial charge in [-0.25, -0.2) is 31.5 Å². The highest BCUT2D eigenvalue weighted by Gasteiger charge is 2.24. The molecule has 1 aromatic carbocycles. The lowest BCUT2D eigenvalue weighted by atomic mass is 10.0. The fraction of sp³-hybridized carbons (Fsp3) is 0.200. The van der Waals surface area contributed by atoms with Gasteiger partial charge in [0.25, 0.3) is 0 Å². The van der Waals surface area contributed by atoms with Crippen molar-refractivity contribution in [1.29, 1.82) is 0 Å². The zero-order valence-electron chi connectivity index (χ0n) is 17.3. The molecule has 0 radical (unpaired) electrons. The molecule has 0 saturated carbocycles. The molecular weight excluding hydrogens is 521 g/mol. The molecule has 0 amide bonds. The van der Waals surface area contributed by atoms with Crippen LogP contribution in [0.2, 0.25) is 0 Å². The van der Waals surface area contributed by atoms with Crippen molar-refractivity contribution in [2.75, 3.05) is 4.72 Å². The van der Waals surface area contributed by atoms with Crippen molar-refractivity contribution in [1.82, 2.24) is 14.7 Å². The summed E-state index contributed by atoms with van der Waals surface area (Å²) < 4.78 is 52.7. The van der Waals surface area contributed by atoms with E-state index in [-0.39, 0.29) is 5.75 Å². The fourth-order valence-electron chi connectivity index (χ4n) is 3.15. The zero-order chi connectivity index (χ0) is 23.4. The van der Waals surface area contributed by atoms with Crippen LogP contribution in [0.3, 0.4) is 0 Å². The largest absolute Gasteiger partial charge is 0.286 e. The first-order valence-electron chi connectivity index (χ1n) is 9.68. The molecule has 0 aliphatic carbocycles. The summed E-state index contributed by atoms with van der Waals surface area (Å²) in [4.78, 5) is 9.98. The Morgan fingerprint density at radius 2 is 1.82 bits per heavy atom. The highest BCUT2D eigenvalue weighted by atomic mass is 32.2. The van der Waals surface area contributed by atoms with Crippen molar-refractivity contribution in [2.45, 2.75) is 25.1 Å². The quantitative estimate of drug-likeness (QED) is 0.262. The summed E-state index contributed by atoms with van der Waals surface area (Å²) in [6, 6.07) is 10.1. The molecular formula is C20H20N4O4S5. The van der Waals surface area contributed by atoms with Crippen LogP contribution in [0.5, 0.6) is 0 Å². The van der Waals surface area contributed by atoms with Crippen molar-refractivity contribution in [3.8, 4) is 9.88 Å². The Labute approximate surface area is 205 Å². The molecule has 0 bridgehead atoms. The van der Waals surface area contributed by atoms with E-state index in [1.54, 1.807) is 41.0 Å². The van der Waals surface area contributed by atoms with E-state index < -0.39 is 27.0 Å². The molecule has 0 unspecified atom stereocenters. The molecule has 4 aromatic rings. The van der Waals surface area contributed by atoms with E-state index in [1.807, 2.05) is 29.8 Å². The number of thiol groups is 1. The van der Waals surface area contributed by atoms with Crippen LogP contribution in [-0.4, -0.2) is 26.8 Å². The third-order valence-corrected chi connectivity index (χ3v) is 9.03. The molecule has 3 heterocycles.